The molecule has 0 spiro atoms. The SMILES string of the molecule is Oc1ccc2ccccc2c1CNCc1ccc(Cl)cc1. The van der Waals surface area contributed by atoms with Gasteiger partial charge in [-0.1, -0.05) is 54.1 Å². The fraction of sp³-hybridized carbons (Fsp3) is 0.111. The molecule has 0 aliphatic heterocycles. The molecule has 2 nitrogen and oxygen atoms in total. The van der Waals surface area contributed by atoms with Crippen LogP contribution in [0.1, 0.15) is 11.1 Å². The van der Waals surface area contributed by atoms with Crippen LogP contribution in [0.2, 0.25) is 5.02 Å². The first kappa shape index (κ1) is 13.9. The van der Waals surface area contributed by atoms with Crippen LogP contribution in [0.4, 0.5) is 0 Å². The minimum atomic E-state index is 0.331. The second-order valence-corrected chi connectivity index (χ2v) is 5.45. The molecule has 2 N–H and O–H groups in total. The molecule has 3 rings (SSSR count). The van der Waals surface area contributed by atoms with Crippen LogP contribution in [-0.4, -0.2) is 5.11 Å². The zero-order chi connectivity index (χ0) is 14.7. The molecular weight excluding hydrogens is 282 g/mol. The van der Waals surface area contributed by atoms with Crippen molar-refractivity contribution in [2.75, 3.05) is 0 Å². The molecule has 0 atom stereocenters. The molecule has 0 unspecified atom stereocenters. The molecule has 0 heterocycles. The maximum Gasteiger partial charge on any atom is 0.120 e. The van der Waals surface area contributed by atoms with Crippen molar-refractivity contribution in [2.24, 2.45) is 0 Å². The number of rotatable bonds is 4. The Bertz CT molecular complexity index is 753. The summed E-state index contributed by atoms with van der Waals surface area (Å²) in [6.07, 6.45) is 0. The van der Waals surface area contributed by atoms with Gasteiger partial charge in [0.15, 0.2) is 0 Å². The van der Waals surface area contributed by atoms with Gasteiger partial charge in [0.1, 0.15) is 5.75 Å². The lowest BCUT2D eigenvalue weighted by atomic mass is 10.0. The number of nitrogens with one attached hydrogen (secondary N) is 1. The molecule has 0 saturated carbocycles. The number of benzene rings is 3. The van der Waals surface area contributed by atoms with Gasteiger partial charge in [-0.05, 0) is 34.5 Å². The summed E-state index contributed by atoms with van der Waals surface area (Å²) >= 11 is 5.87. The van der Waals surface area contributed by atoms with E-state index in [0.717, 1.165) is 27.9 Å². The Labute approximate surface area is 129 Å². The Morgan fingerprint density at radius 2 is 1.62 bits per heavy atom. The van der Waals surface area contributed by atoms with Crippen LogP contribution >= 0.6 is 11.6 Å². The summed E-state index contributed by atoms with van der Waals surface area (Å²) in [7, 11) is 0. The smallest absolute Gasteiger partial charge is 0.120 e. The molecule has 0 saturated heterocycles. The van der Waals surface area contributed by atoms with Gasteiger partial charge in [0, 0.05) is 23.7 Å². The Balaban J connectivity index is 1.76. The minimum absolute atomic E-state index is 0.331. The van der Waals surface area contributed by atoms with E-state index >= 15 is 0 Å². The van der Waals surface area contributed by atoms with E-state index in [4.69, 9.17) is 11.6 Å². The van der Waals surface area contributed by atoms with Crippen LogP contribution in [0, 0.1) is 0 Å². The summed E-state index contributed by atoms with van der Waals surface area (Å²) in [5, 5.41) is 16.4. The molecule has 0 bridgehead atoms. The predicted molar refractivity (Wildman–Crippen MR) is 87.6 cm³/mol. The van der Waals surface area contributed by atoms with E-state index in [9.17, 15) is 5.11 Å². The summed E-state index contributed by atoms with van der Waals surface area (Å²) in [5.74, 6) is 0.331. The summed E-state index contributed by atoms with van der Waals surface area (Å²) in [6.45, 7) is 1.36. The summed E-state index contributed by atoms with van der Waals surface area (Å²) < 4.78 is 0. The van der Waals surface area contributed by atoms with Gasteiger partial charge in [0.25, 0.3) is 0 Å². The van der Waals surface area contributed by atoms with Crippen molar-refractivity contribution in [1.82, 2.24) is 5.32 Å². The molecule has 0 aromatic heterocycles. The van der Waals surface area contributed by atoms with Crippen LogP contribution in [0.3, 0.4) is 0 Å². The molecular formula is C18H16ClNO. The second kappa shape index (κ2) is 6.17. The number of phenolic OH excluding ortho intramolecular Hbond substituents is 1. The van der Waals surface area contributed by atoms with E-state index < -0.39 is 0 Å². The van der Waals surface area contributed by atoms with Crippen LogP contribution in [0.15, 0.2) is 60.7 Å². The average molecular weight is 298 g/mol. The van der Waals surface area contributed by atoms with Gasteiger partial charge in [-0.2, -0.15) is 0 Å². The Morgan fingerprint density at radius 3 is 2.43 bits per heavy atom. The number of hydrogen-bond donors (Lipinski definition) is 2. The highest BCUT2D eigenvalue weighted by Gasteiger charge is 2.06. The number of fused-ring (bicyclic) bond motifs is 1. The summed E-state index contributed by atoms with van der Waals surface area (Å²) in [5.41, 5.74) is 2.10. The maximum atomic E-state index is 10.1. The molecule has 0 aliphatic rings. The van der Waals surface area contributed by atoms with Gasteiger partial charge in [0.2, 0.25) is 0 Å². The van der Waals surface area contributed by atoms with E-state index in [-0.39, 0.29) is 0 Å². The lowest BCUT2D eigenvalue weighted by Gasteiger charge is -2.10. The van der Waals surface area contributed by atoms with E-state index in [0.29, 0.717) is 12.3 Å². The number of phenols is 1. The van der Waals surface area contributed by atoms with Crippen molar-refractivity contribution < 1.29 is 5.11 Å². The molecule has 3 aromatic rings. The van der Waals surface area contributed by atoms with Crippen LogP contribution in [0.25, 0.3) is 10.8 Å². The summed E-state index contributed by atoms with van der Waals surface area (Å²) in [4.78, 5) is 0. The minimum Gasteiger partial charge on any atom is -0.508 e. The topological polar surface area (TPSA) is 32.3 Å². The molecule has 106 valence electrons. The van der Waals surface area contributed by atoms with Crippen LogP contribution < -0.4 is 5.32 Å². The maximum absolute atomic E-state index is 10.1. The normalized spacial score (nSPS) is 10.9. The Morgan fingerprint density at radius 1 is 0.857 bits per heavy atom. The average Bonchev–Trinajstić information content (AvgIpc) is 2.51. The number of halogens is 1. The van der Waals surface area contributed by atoms with Crippen molar-refractivity contribution in [1.29, 1.82) is 0 Å². The molecule has 0 amide bonds. The fourth-order valence-corrected chi connectivity index (χ4v) is 2.57. The number of aromatic hydroxyl groups is 1. The molecule has 21 heavy (non-hydrogen) atoms. The molecule has 0 aliphatic carbocycles. The lowest BCUT2D eigenvalue weighted by molar-refractivity contribution is 0.466. The van der Waals surface area contributed by atoms with E-state index in [1.807, 2.05) is 48.5 Å². The van der Waals surface area contributed by atoms with Crippen molar-refractivity contribution >= 4 is 22.4 Å². The highest BCUT2D eigenvalue weighted by molar-refractivity contribution is 6.30. The van der Waals surface area contributed by atoms with Crippen molar-refractivity contribution in [3.8, 4) is 5.75 Å². The second-order valence-electron chi connectivity index (χ2n) is 5.01. The van der Waals surface area contributed by atoms with Crippen molar-refractivity contribution in [3.05, 3.63) is 76.8 Å². The molecule has 3 heteroatoms. The van der Waals surface area contributed by atoms with E-state index in [1.165, 1.54) is 5.56 Å². The Hall–Kier alpha value is -2.03. The predicted octanol–water partition coefficient (Wildman–Crippen LogP) is 4.49. The molecule has 0 fully saturated rings. The van der Waals surface area contributed by atoms with Crippen LogP contribution in [0.5, 0.6) is 5.75 Å². The van der Waals surface area contributed by atoms with Gasteiger partial charge in [-0.25, -0.2) is 0 Å². The largest absolute Gasteiger partial charge is 0.508 e. The van der Waals surface area contributed by atoms with Gasteiger partial charge >= 0.3 is 0 Å². The Kier molecular flexibility index (Phi) is 4.09. The third-order valence-electron chi connectivity index (χ3n) is 3.56. The van der Waals surface area contributed by atoms with Crippen molar-refractivity contribution in [3.63, 3.8) is 0 Å². The lowest BCUT2D eigenvalue weighted by Crippen LogP contribution is -2.13. The van der Waals surface area contributed by atoms with E-state index in [1.54, 1.807) is 6.07 Å². The quantitative estimate of drug-likeness (QED) is 0.744. The monoisotopic (exact) mass is 297 g/mol. The van der Waals surface area contributed by atoms with Gasteiger partial charge in [-0.3, -0.25) is 0 Å². The first-order valence-corrected chi connectivity index (χ1v) is 7.26. The highest BCUT2D eigenvalue weighted by atomic mass is 35.5. The fourth-order valence-electron chi connectivity index (χ4n) is 2.44. The standard InChI is InChI=1S/C18H16ClNO/c19-15-8-5-13(6-9-15)11-20-12-17-16-4-2-1-3-14(16)7-10-18(17)21/h1-10,20-21H,11-12H2. The highest BCUT2D eigenvalue weighted by Crippen LogP contribution is 2.26. The third-order valence-corrected chi connectivity index (χ3v) is 3.81. The zero-order valence-electron chi connectivity index (χ0n) is 11.5. The molecule has 3 aromatic carbocycles. The first-order chi connectivity index (χ1) is 10.2. The third kappa shape index (κ3) is 3.18. The van der Waals surface area contributed by atoms with Gasteiger partial charge in [-0.15, -0.1) is 0 Å². The first-order valence-electron chi connectivity index (χ1n) is 6.89. The van der Waals surface area contributed by atoms with Crippen LogP contribution in [-0.2, 0) is 13.1 Å². The summed E-state index contributed by atoms with van der Waals surface area (Å²) in [6, 6.07) is 19.5. The van der Waals surface area contributed by atoms with E-state index in [2.05, 4.69) is 11.4 Å². The molecule has 0 radical (unpaired) electrons. The zero-order valence-corrected chi connectivity index (χ0v) is 12.3. The number of hydrogen-bond acceptors (Lipinski definition) is 2. The van der Waals surface area contributed by atoms with Crippen molar-refractivity contribution in [2.45, 2.75) is 13.1 Å². The van der Waals surface area contributed by atoms with Gasteiger partial charge in [0.05, 0.1) is 0 Å². The van der Waals surface area contributed by atoms with Gasteiger partial charge < -0.3 is 10.4 Å².